The molecule has 1 aromatic carbocycles. The molecule has 0 unspecified atom stereocenters. The van der Waals surface area contributed by atoms with Crippen LogP contribution in [0.1, 0.15) is 21.6 Å². The molecule has 0 aliphatic heterocycles. The second-order valence-corrected chi connectivity index (χ2v) is 6.08. The first kappa shape index (κ1) is 15.4. The van der Waals surface area contributed by atoms with Gasteiger partial charge >= 0.3 is 0 Å². The van der Waals surface area contributed by atoms with Gasteiger partial charge in [0, 0.05) is 46.1 Å². The maximum absolute atomic E-state index is 12.0. The number of hydrogen-bond acceptors (Lipinski definition) is 3. The molecule has 0 radical (unpaired) electrons. The first-order valence-corrected chi connectivity index (χ1v) is 7.85. The lowest BCUT2D eigenvalue weighted by Crippen LogP contribution is -2.17. The molecule has 0 bridgehead atoms. The number of nitrogens with one attached hydrogen (secondary N) is 1. The molecule has 0 aliphatic carbocycles. The minimum Gasteiger partial charge on any atom is -0.347 e. The van der Waals surface area contributed by atoms with Gasteiger partial charge in [0.25, 0.3) is 5.91 Å². The maximum Gasteiger partial charge on any atom is 0.272 e. The van der Waals surface area contributed by atoms with Crippen LogP contribution < -0.4 is 5.43 Å². The number of hydrogen-bond donors (Lipinski definition) is 1. The van der Waals surface area contributed by atoms with Crippen LogP contribution in [0.5, 0.6) is 0 Å². The fourth-order valence-corrected chi connectivity index (χ4v) is 2.83. The third-order valence-electron chi connectivity index (χ3n) is 3.78. The van der Waals surface area contributed by atoms with Crippen LogP contribution in [0.25, 0.3) is 10.9 Å². The highest BCUT2D eigenvalue weighted by atomic mass is 79.9. The smallest absolute Gasteiger partial charge is 0.272 e. The van der Waals surface area contributed by atoms with Crippen LogP contribution in [0.2, 0.25) is 0 Å². The van der Waals surface area contributed by atoms with Gasteiger partial charge in [0.2, 0.25) is 0 Å². The maximum atomic E-state index is 12.0. The average Bonchev–Trinajstić information content (AvgIpc) is 2.80. The number of rotatable bonds is 3. The van der Waals surface area contributed by atoms with E-state index in [0.29, 0.717) is 5.56 Å². The molecule has 3 rings (SSSR count). The highest BCUT2D eigenvalue weighted by Crippen LogP contribution is 2.22. The van der Waals surface area contributed by atoms with E-state index in [9.17, 15) is 4.79 Å². The Labute approximate surface area is 142 Å². The summed E-state index contributed by atoms with van der Waals surface area (Å²) >= 11 is 3.29. The van der Waals surface area contributed by atoms with E-state index in [4.69, 9.17) is 0 Å². The van der Waals surface area contributed by atoms with Gasteiger partial charge in [-0.15, -0.1) is 0 Å². The van der Waals surface area contributed by atoms with E-state index >= 15 is 0 Å². The van der Waals surface area contributed by atoms with E-state index in [1.807, 2.05) is 32.2 Å². The Balaban J connectivity index is 1.84. The summed E-state index contributed by atoms with van der Waals surface area (Å²) in [6.07, 6.45) is 4.80. The minimum atomic E-state index is -0.298. The number of nitrogens with zero attached hydrogens (tertiary/aromatic N) is 3. The van der Waals surface area contributed by atoms with E-state index in [2.05, 4.69) is 42.1 Å². The van der Waals surface area contributed by atoms with Crippen LogP contribution >= 0.6 is 15.9 Å². The predicted octanol–water partition coefficient (Wildman–Crippen LogP) is 3.41. The van der Waals surface area contributed by atoms with E-state index < -0.39 is 0 Å². The molecule has 23 heavy (non-hydrogen) atoms. The Hall–Kier alpha value is -2.47. The summed E-state index contributed by atoms with van der Waals surface area (Å²) in [5, 5.41) is 5.20. The number of aromatic nitrogens is 2. The molecule has 3 aromatic rings. The van der Waals surface area contributed by atoms with Gasteiger partial charge < -0.3 is 4.57 Å². The lowest BCUT2D eigenvalue weighted by molar-refractivity contribution is 0.0954. The summed E-state index contributed by atoms with van der Waals surface area (Å²) < 4.78 is 2.86. The summed E-state index contributed by atoms with van der Waals surface area (Å²) in [7, 11) is 2.01. The number of amides is 1. The molecule has 0 atom stereocenters. The molecule has 2 aromatic heterocycles. The number of aryl methyl sites for hydroxylation is 1. The van der Waals surface area contributed by atoms with Crippen molar-refractivity contribution in [3.05, 3.63) is 64.0 Å². The Morgan fingerprint density at radius 2 is 2.13 bits per heavy atom. The average molecular weight is 371 g/mol. The standard InChI is InChI=1S/C17H15BrN4O/c1-11-15(14-5-3-4-6-16(14)22(11)2)10-20-21-17(23)12-7-13(18)9-19-8-12/h3-10H,1-2H3,(H,21,23). The van der Waals surface area contributed by atoms with Crippen LogP contribution in [0.3, 0.4) is 0 Å². The Bertz CT molecular complexity index is 914. The number of para-hydroxylation sites is 1. The Kier molecular flexibility index (Phi) is 4.25. The van der Waals surface area contributed by atoms with Crippen LogP contribution in [-0.4, -0.2) is 21.7 Å². The normalized spacial score (nSPS) is 11.3. The molecule has 2 heterocycles. The molecule has 1 amide bonds. The van der Waals surface area contributed by atoms with Crippen LogP contribution in [0.4, 0.5) is 0 Å². The van der Waals surface area contributed by atoms with Crippen molar-refractivity contribution in [2.45, 2.75) is 6.92 Å². The number of carbonyl (C=O) groups excluding carboxylic acids is 1. The minimum absolute atomic E-state index is 0.298. The van der Waals surface area contributed by atoms with Gasteiger partial charge in [0.15, 0.2) is 0 Å². The monoisotopic (exact) mass is 370 g/mol. The van der Waals surface area contributed by atoms with Crippen molar-refractivity contribution < 1.29 is 4.79 Å². The predicted molar refractivity (Wildman–Crippen MR) is 94.7 cm³/mol. The lowest BCUT2D eigenvalue weighted by Gasteiger charge is -2.00. The fraction of sp³-hybridized carbons (Fsp3) is 0.118. The van der Waals surface area contributed by atoms with Gasteiger partial charge in [-0.25, -0.2) is 5.43 Å². The molecule has 0 saturated heterocycles. The fourth-order valence-electron chi connectivity index (χ4n) is 2.47. The SMILES string of the molecule is Cc1c(C=NNC(=O)c2cncc(Br)c2)c2ccccc2n1C. The molecular formula is C17H15BrN4O. The van der Waals surface area contributed by atoms with Crippen molar-refractivity contribution in [2.24, 2.45) is 12.1 Å². The molecule has 116 valence electrons. The van der Waals surface area contributed by atoms with Crippen molar-refractivity contribution >= 4 is 39.0 Å². The van der Waals surface area contributed by atoms with Gasteiger partial charge in [0.1, 0.15) is 0 Å². The number of carbonyl (C=O) groups is 1. The zero-order valence-electron chi connectivity index (χ0n) is 12.7. The Morgan fingerprint density at radius 1 is 1.35 bits per heavy atom. The molecular weight excluding hydrogens is 356 g/mol. The quantitative estimate of drug-likeness (QED) is 0.567. The highest BCUT2D eigenvalue weighted by Gasteiger charge is 2.10. The van der Waals surface area contributed by atoms with Crippen LogP contribution in [0, 0.1) is 6.92 Å². The third-order valence-corrected chi connectivity index (χ3v) is 4.21. The summed E-state index contributed by atoms with van der Waals surface area (Å²) in [6.45, 7) is 2.03. The van der Waals surface area contributed by atoms with Crippen LogP contribution in [-0.2, 0) is 7.05 Å². The number of halogens is 1. The number of benzene rings is 1. The molecule has 1 N–H and O–H groups in total. The highest BCUT2D eigenvalue weighted by molar-refractivity contribution is 9.10. The van der Waals surface area contributed by atoms with Gasteiger partial charge in [-0.1, -0.05) is 18.2 Å². The van der Waals surface area contributed by atoms with Crippen molar-refractivity contribution in [3.8, 4) is 0 Å². The second kappa shape index (κ2) is 6.34. The van der Waals surface area contributed by atoms with Crippen LogP contribution in [0.15, 0.2) is 52.3 Å². The summed E-state index contributed by atoms with van der Waals surface area (Å²) in [5.41, 5.74) is 6.21. The number of fused-ring (bicyclic) bond motifs is 1. The first-order valence-electron chi connectivity index (χ1n) is 7.06. The summed E-state index contributed by atoms with van der Waals surface area (Å²) in [4.78, 5) is 16.0. The molecule has 5 nitrogen and oxygen atoms in total. The van der Waals surface area contributed by atoms with Gasteiger partial charge in [0.05, 0.1) is 11.8 Å². The van der Waals surface area contributed by atoms with Crippen molar-refractivity contribution in [1.82, 2.24) is 15.0 Å². The van der Waals surface area contributed by atoms with Gasteiger partial charge in [-0.05, 0) is 35.0 Å². The third kappa shape index (κ3) is 3.03. The van der Waals surface area contributed by atoms with E-state index in [-0.39, 0.29) is 5.91 Å². The van der Waals surface area contributed by atoms with E-state index in [0.717, 1.165) is 26.6 Å². The summed E-state index contributed by atoms with van der Waals surface area (Å²) in [6, 6.07) is 9.80. The van der Waals surface area contributed by atoms with Crippen molar-refractivity contribution in [3.63, 3.8) is 0 Å². The van der Waals surface area contributed by atoms with E-state index in [1.54, 1.807) is 18.5 Å². The van der Waals surface area contributed by atoms with Crippen molar-refractivity contribution in [1.29, 1.82) is 0 Å². The Morgan fingerprint density at radius 3 is 2.91 bits per heavy atom. The number of pyridine rings is 1. The molecule has 0 spiro atoms. The van der Waals surface area contributed by atoms with Crippen molar-refractivity contribution in [2.75, 3.05) is 0 Å². The molecule has 6 heteroatoms. The number of hydrazone groups is 1. The topological polar surface area (TPSA) is 59.3 Å². The first-order chi connectivity index (χ1) is 11.1. The largest absolute Gasteiger partial charge is 0.347 e. The molecule has 0 saturated carbocycles. The summed E-state index contributed by atoms with van der Waals surface area (Å²) in [5.74, 6) is -0.298. The van der Waals surface area contributed by atoms with Gasteiger partial charge in [-0.3, -0.25) is 9.78 Å². The second-order valence-electron chi connectivity index (χ2n) is 5.17. The molecule has 0 fully saturated rings. The zero-order chi connectivity index (χ0) is 16.4. The lowest BCUT2D eigenvalue weighted by atomic mass is 10.1. The van der Waals surface area contributed by atoms with E-state index in [1.165, 1.54) is 6.20 Å². The zero-order valence-corrected chi connectivity index (χ0v) is 14.3. The van der Waals surface area contributed by atoms with Gasteiger partial charge in [-0.2, -0.15) is 5.10 Å². The molecule has 0 aliphatic rings.